The van der Waals surface area contributed by atoms with Crippen molar-refractivity contribution in [3.8, 4) is 12.3 Å². The highest BCUT2D eigenvalue weighted by Crippen LogP contribution is 2.27. The van der Waals surface area contributed by atoms with Crippen molar-refractivity contribution in [2.24, 2.45) is 0 Å². The number of ether oxygens (including phenoxy) is 1. The van der Waals surface area contributed by atoms with Gasteiger partial charge in [0.15, 0.2) is 0 Å². The summed E-state index contributed by atoms with van der Waals surface area (Å²) in [4.78, 5) is 12.0. The highest BCUT2D eigenvalue weighted by Gasteiger charge is 2.37. The molecule has 0 fully saturated rings. The molecule has 4 nitrogen and oxygen atoms in total. The topological polar surface area (TPSA) is 58.6 Å². The van der Waals surface area contributed by atoms with Crippen molar-refractivity contribution in [1.29, 1.82) is 0 Å². The molecule has 1 aromatic rings. The second-order valence-electron chi connectivity index (χ2n) is 5.91. The summed E-state index contributed by atoms with van der Waals surface area (Å²) in [6, 6.07) is 7.22. The van der Waals surface area contributed by atoms with Gasteiger partial charge in [0, 0.05) is 4.47 Å². The first kappa shape index (κ1) is 17.5. The fourth-order valence-electron chi connectivity index (χ4n) is 1.79. The summed E-state index contributed by atoms with van der Waals surface area (Å²) >= 11 is 3.36. The lowest BCUT2D eigenvalue weighted by atomic mass is 9.86. The Morgan fingerprint density at radius 1 is 1.43 bits per heavy atom. The van der Waals surface area contributed by atoms with Crippen molar-refractivity contribution in [1.82, 2.24) is 5.32 Å². The van der Waals surface area contributed by atoms with E-state index in [0.29, 0.717) is 5.56 Å². The number of hydrogen-bond acceptors (Lipinski definition) is 3. The lowest BCUT2D eigenvalue weighted by molar-refractivity contribution is 0.0349. The highest BCUT2D eigenvalue weighted by molar-refractivity contribution is 9.10. The molecule has 1 rings (SSSR count). The van der Waals surface area contributed by atoms with Crippen molar-refractivity contribution < 1.29 is 14.6 Å². The molecule has 0 spiro atoms. The molecule has 0 unspecified atom stereocenters. The summed E-state index contributed by atoms with van der Waals surface area (Å²) in [7, 11) is 0. The van der Waals surface area contributed by atoms with Gasteiger partial charge < -0.3 is 15.2 Å². The van der Waals surface area contributed by atoms with Gasteiger partial charge in [-0.05, 0) is 45.4 Å². The molecule has 0 aromatic heterocycles. The quantitative estimate of drug-likeness (QED) is 0.820. The Balaban J connectivity index is 3.12. The molecular weight excluding hydrogens is 334 g/mol. The molecule has 2 N–H and O–H groups in total. The zero-order valence-electron chi connectivity index (χ0n) is 12.6. The van der Waals surface area contributed by atoms with E-state index >= 15 is 0 Å². The van der Waals surface area contributed by atoms with Gasteiger partial charge in [0.25, 0.3) is 0 Å². The Hall–Kier alpha value is -1.51. The first-order valence-corrected chi connectivity index (χ1v) is 7.29. The SMILES string of the molecule is C#C[C@H](O)[C@](C)(NC(=O)OC(C)(C)C)c1cccc(Br)c1. The van der Waals surface area contributed by atoms with E-state index in [0.717, 1.165) is 4.47 Å². The summed E-state index contributed by atoms with van der Waals surface area (Å²) in [5, 5.41) is 12.8. The van der Waals surface area contributed by atoms with Crippen LogP contribution in [0.1, 0.15) is 33.3 Å². The number of benzene rings is 1. The third-order valence-electron chi connectivity index (χ3n) is 2.89. The number of hydrogen-bond donors (Lipinski definition) is 2. The van der Waals surface area contributed by atoms with Gasteiger partial charge in [0.05, 0.1) is 0 Å². The van der Waals surface area contributed by atoms with Crippen LogP contribution in [0.25, 0.3) is 0 Å². The molecule has 2 atom stereocenters. The van der Waals surface area contributed by atoms with Gasteiger partial charge in [0.2, 0.25) is 0 Å². The van der Waals surface area contributed by atoms with Gasteiger partial charge in [-0.3, -0.25) is 0 Å². The van der Waals surface area contributed by atoms with Crippen LogP contribution in [0.5, 0.6) is 0 Å². The maximum Gasteiger partial charge on any atom is 0.408 e. The molecule has 114 valence electrons. The van der Waals surface area contributed by atoms with Gasteiger partial charge in [-0.25, -0.2) is 4.79 Å². The second kappa shape index (κ2) is 6.50. The number of terminal acetylenes is 1. The van der Waals surface area contributed by atoms with Crippen molar-refractivity contribution in [3.63, 3.8) is 0 Å². The van der Waals surface area contributed by atoms with Crippen molar-refractivity contribution in [3.05, 3.63) is 34.3 Å². The van der Waals surface area contributed by atoms with Crippen molar-refractivity contribution in [2.45, 2.75) is 44.9 Å². The molecule has 0 aliphatic heterocycles. The van der Waals surface area contributed by atoms with Crippen LogP contribution in [0.4, 0.5) is 4.79 Å². The van der Waals surface area contributed by atoms with E-state index in [1.165, 1.54) is 0 Å². The van der Waals surface area contributed by atoms with E-state index in [1.807, 2.05) is 6.07 Å². The van der Waals surface area contributed by atoms with E-state index in [4.69, 9.17) is 11.2 Å². The lowest BCUT2D eigenvalue weighted by Gasteiger charge is -2.34. The van der Waals surface area contributed by atoms with E-state index in [9.17, 15) is 9.90 Å². The summed E-state index contributed by atoms with van der Waals surface area (Å²) < 4.78 is 6.06. The minimum atomic E-state index is -1.20. The van der Waals surface area contributed by atoms with Crippen molar-refractivity contribution >= 4 is 22.0 Å². The number of rotatable bonds is 3. The third-order valence-corrected chi connectivity index (χ3v) is 3.38. The number of nitrogens with one attached hydrogen (secondary N) is 1. The van der Waals surface area contributed by atoms with Crippen LogP contribution in [0.15, 0.2) is 28.7 Å². The molecule has 0 aliphatic rings. The van der Waals surface area contributed by atoms with Crippen LogP contribution in [-0.2, 0) is 10.3 Å². The maximum atomic E-state index is 12.0. The van der Waals surface area contributed by atoms with E-state index < -0.39 is 23.3 Å². The minimum absolute atomic E-state index is 0.636. The van der Waals surface area contributed by atoms with Gasteiger partial charge in [-0.1, -0.05) is 34.0 Å². The van der Waals surface area contributed by atoms with E-state index in [1.54, 1.807) is 45.9 Å². The average molecular weight is 354 g/mol. The number of carbonyl (C=O) groups is 1. The molecule has 0 saturated carbocycles. The molecule has 21 heavy (non-hydrogen) atoms. The van der Waals surface area contributed by atoms with Crippen LogP contribution in [0.3, 0.4) is 0 Å². The number of alkyl carbamates (subject to hydrolysis) is 1. The molecule has 0 heterocycles. The van der Waals surface area contributed by atoms with Crippen LogP contribution >= 0.6 is 15.9 Å². The summed E-state index contributed by atoms with van der Waals surface area (Å²) in [6.07, 6.45) is 3.50. The zero-order valence-corrected chi connectivity index (χ0v) is 14.2. The standard InChI is InChI=1S/C16H20BrNO3/c1-6-13(19)16(5,11-8-7-9-12(17)10-11)18-14(20)21-15(2,3)4/h1,7-10,13,19H,2-5H3,(H,18,20)/t13-,16+/m0/s1. The Morgan fingerprint density at radius 2 is 2.05 bits per heavy atom. The Morgan fingerprint density at radius 3 is 2.52 bits per heavy atom. The van der Waals surface area contributed by atoms with Crippen molar-refractivity contribution in [2.75, 3.05) is 0 Å². The molecule has 1 amide bonds. The minimum Gasteiger partial charge on any atom is -0.444 e. The van der Waals surface area contributed by atoms with Gasteiger partial charge in [0.1, 0.15) is 17.2 Å². The second-order valence-corrected chi connectivity index (χ2v) is 6.82. The fraction of sp³-hybridized carbons (Fsp3) is 0.438. The largest absolute Gasteiger partial charge is 0.444 e. The molecule has 0 saturated heterocycles. The number of carbonyl (C=O) groups excluding carboxylic acids is 1. The summed E-state index contributed by atoms with van der Waals surface area (Å²) in [5.74, 6) is 2.26. The summed E-state index contributed by atoms with van der Waals surface area (Å²) in [6.45, 7) is 6.95. The molecule has 5 heteroatoms. The van der Waals surface area contributed by atoms with Gasteiger partial charge >= 0.3 is 6.09 Å². The Bertz CT molecular complexity index is 559. The predicted octanol–water partition coefficient (Wildman–Crippen LogP) is 3.18. The zero-order chi connectivity index (χ0) is 16.3. The maximum absolute atomic E-state index is 12.0. The lowest BCUT2D eigenvalue weighted by Crippen LogP contribution is -2.52. The van der Waals surface area contributed by atoms with E-state index in [2.05, 4.69) is 27.2 Å². The number of amides is 1. The molecule has 0 aliphatic carbocycles. The first-order valence-electron chi connectivity index (χ1n) is 6.50. The molecule has 1 aromatic carbocycles. The van der Waals surface area contributed by atoms with Gasteiger partial charge in [-0.15, -0.1) is 6.42 Å². The van der Waals surface area contributed by atoms with E-state index in [-0.39, 0.29) is 0 Å². The number of aliphatic hydroxyl groups is 1. The Kier molecular flexibility index (Phi) is 5.43. The molecule has 0 bridgehead atoms. The average Bonchev–Trinajstić information content (AvgIpc) is 2.35. The molecule has 0 radical (unpaired) electrons. The van der Waals surface area contributed by atoms with Crippen LogP contribution in [0.2, 0.25) is 0 Å². The smallest absolute Gasteiger partial charge is 0.408 e. The van der Waals surface area contributed by atoms with Crippen LogP contribution in [-0.4, -0.2) is 22.9 Å². The fourth-order valence-corrected chi connectivity index (χ4v) is 2.19. The first-order chi connectivity index (χ1) is 9.58. The van der Waals surface area contributed by atoms with Crippen LogP contribution in [0, 0.1) is 12.3 Å². The Labute approximate surface area is 134 Å². The monoisotopic (exact) mass is 353 g/mol. The number of aliphatic hydroxyl groups excluding tert-OH is 1. The summed E-state index contributed by atoms with van der Waals surface area (Å²) in [5.41, 5.74) is -1.11. The third kappa shape index (κ3) is 4.76. The normalized spacial score (nSPS) is 15.5. The van der Waals surface area contributed by atoms with Crippen LogP contribution < -0.4 is 5.32 Å². The predicted molar refractivity (Wildman–Crippen MR) is 85.7 cm³/mol. The number of halogens is 1. The van der Waals surface area contributed by atoms with Gasteiger partial charge in [-0.2, -0.15) is 0 Å². The molecular formula is C16H20BrNO3. The highest BCUT2D eigenvalue weighted by atomic mass is 79.9.